The minimum Gasteiger partial charge on any atom is -0.506 e. The van der Waals surface area contributed by atoms with Crippen LogP contribution in [0.1, 0.15) is 15.9 Å². The SMILES string of the molecule is CNCC(=O)c1cc(C#N)c(O)cc1OC. The van der Waals surface area contributed by atoms with Crippen LogP contribution in [0, 0.1) is 11.3 Å². The molecule has 0 aromatic heterocycles. The van der Waals surface area contributed by atoms with Crippen molar-refractivity contribution in [3.05, 3.63) is 23.3 Å². The van der Waals surface area contributed by atoms with Crippen LogP contribution in [0.2, 0.25) is 0 Å². The summed E-state index contributed by atoms with van der Waals surface area (Å²) in [6, 6.07) is 4.40. The first-order valence-corrected chi connectivity index (χ1v) is 4.63. The zero-order chi connectivity index (χ0) is 12.1. The molecule has 0 atom stereocenters. The minimum atomic E-state index is -0.198. The van der Waals surface area contributed by atoms with Gasteiger partial charge in [-0.1, -0.05) is 0 Å². The Morgan fingerprint density at radius 1 is 1.62 bits per heavy atom. The molecule has 0 aliphatic carbocycles. The summed E-state index contributed by atoms with van der Waals surface area (Å²) in [6.45, 7) is 0.145. The standard InChI is InChI=1S/C11H12N2O3/c1-13-6-10(15)8-3-7(5-12)9(14)4-11(8)16-2/h3-4,13-14H,6H2,1-2H3. The third-order valence-electron chi connectivity index (χ3n) is 2.08. The lowest BCUT2D eigenvalue weighted by molar-refractivity contribution is 0.0990. The second kappa shape index (κ2) is 5.14. The number of carbonyl (C=O) groups excluding carboxylic acids is 1. The topological polar surface area (TPSA) is 82.4 Å². The summed E-state index contributed by atoms with van der Waals surface area (Å²) in [5.74, 6) is -0.132. The van der Waals surface area contributed by atoms with E-state index in [0.29, 0.717) is 0 Å². The van der Waals surface area contributed by atoms with E-state index < -0.39 is 0 Å². The lowest BCUT2D eigenvalue weighted by Crippen LogP contribution is -2.19. The fourth-order valence-electron chi connectivity index (χ4n) is 1.30. The molecular formula is C11H12N2O3. The predicted molar refractivity (Wildman–Crippen MR) is 57.6 cm³/mol. The quantitative estimate of drug-likeness (QED) is 0.729. The van der Waals surface area contributed by atoms with E-state index >= 15 is 0 Å². The molecule has 16 heavy (non-hydrogen) atoms. The number of Topliss-reactive ketones (excluding diaryl/α,β-unsaturated/α-hetero) is 1. The van der Waals surface area contributed by atoms with Gasteiger partial charge in [-0.2, -0.15) is 5.26 Å². The number of hydrogen-bond acceptors (Lipinski definition) is 5. The molecule has 0 radical (unpaired) electrons. The van der Waals surface area contributed by atoms with Gasteiger partial charge in [-0.25, -0.2) is 0 Å². The molecule has 1 aromatic rings. The number of phenolic OH excluding ortho intramolecular Hbond substituents is 1. The average molecular weight is 220 g/mol. The number of nitriles is 1. The van der Waals surface area contributed by atoms with Crippen LogP contribution in [0.15, 0.2) is 12.1 Å². The Kier molecular flexibility index (Phi) is 3.86. The van der Waals surface area contributed by atoms with Gasteiger partial charge in [-0.05, 0) is 13.1 Å². The van der Waals surface area contributed by atoms with Gasteiger partial charge in [0.05, 0.1) is 24.8 Å². The zero-order valence-corrected chi connectivity index (χ0v) is 9.07. The van der Waals surface area contributed by atoms with E-state index in [4.69, 9.17) is 10.00 Å². The van der Waals surface area contributed by atoms with Crippen LogP contribution >= 0.6 is 0 Å². The Hall–Kier alpha value is -2.06. The number of aromatic hydroxyl groups is 1. The van der Waals surface area contributed by atoms with Crippen molar-refractivity contribution < 1.29 is 14.6 Å². The number of rotatable bonds is 4. The maximum absolute atomic E-state index is 11.7. The molecule has 0 aliphatic heterocycles. The monoisotopic (exact) mass is 220 g/mol. The van der Waals surface area contributed by atoms with Crippen molar-refractivity contribution in [3.8, 4) is 17.6 Å². The van der Waals surface area contributed by atoms with Crippen molar-refractivity contribution in [2.75, 3.05) is 20.7 Å². The highest BCUT2D eigenvalue weighted by atomic mass is 16.5. The van der Waals surface area contributed by atoms with E-state index in [9.17, 15) is 9.90 Å². The molecule has 0 bridgehead atoms. The summed E-state index contributed by atoms with van der Waals surface area (Å²) in [5.41, 5.74) is 0.339. The minimum absolute atomic E-state index is 0.0558. The van der Waals surface area contributed by atoms with Gasteiger partial charge in [0.1, 0.15) is 17.6 Å². The number of ether oxygens (including phenoxy) is 1. The second-order valence-electron chi connectivity index (χ2n) is 3.13. The van der Waals surface area contributed by atoms with Crippen molar-refractivity contribution in [1.29, 1.82) is 5.26 Å². The number of phenols is 1. The molecule has 0 amide bonds. The Morgan fingerprint density at radius 3 is 2.81 bits per heavy atom. The maximum atomic E-state index is 11.7. The van der Waals surface area contributed by atoms with Crippen LogP contribution in [0.3, 0.4) is 0 Å². The lowest BCUT2D eigenvalue weighted by atomic mass is 10.1. The molecule has 1 rings (SSSR count). The predicted octanol–water partition coefficient (Wildman–Crippen LogP) is 0.675. The van der Waals surface area contributed by atoms with Crippen molar-refractivity contribution in [3.63, 3.8) is 0 Å². The molecule has 0 fully saturated rings. The number of nitrogens with one attached hydrogen (secondary N) is 1. The highest BCUT2D eigenvalue weighted by Gasteiger charge is 2.15. The summed E-state index contributed by atoms with van der Waals surface area (Å²) >= 11 is 0. The van der Waals surface area contributed by atoms with Gasteiger partial charge in [0.2, 0.25) is 0 Å². The highest BCUT2D eigenvalue weighted by molar-refractivity contribution is 6.00. The molecule has 1 aromatic carbocycles. The maximum Gasteiger partial charge on any atom is 0.180 e. The molecule has 2 N–H and O–H groups in total. The van der Waals surface area contributed by atoms with Crippen LogP contribution in [0.25, 0.3) is 0 Å². The van der Waals surface area contributed by atoms with E-state index in [1.165, 1.54) is 19.2 Å². The van der Waals surface area contributed by atoms with Gasteiger partial charge in [0.15, 0.2) is 5.78 Å². The molecule has 0 unspecified atom stereocenters. The van der Waals surface area contributed by atoms with Crippen molar-refractivity contribution in [1.82, 2.24) is 5.32 Å². The van der Waals surface area contributed by atoms with Crippen LogP contribution in [0.5, 0.6) is 11.5 Å². The largest absolute Gasteiger partial charge is 0.506 e. The van der Waals surface area contributed by atoms with Gasteiger partial charge >= 0.3 is 0 Å². The lowest BCUT2D eigenvalue weighted by Gasteiger charge is -2.08. The normalized spacial score (nSPS) is 9.56. The van der Waals surface area contributed by atoms with Gasteiger partial charge < -0.3 is 15.2 Å². The molecule has 0 aliphatic rings. The summed E-state index contributed by atoms with van der Waals surface area (Å²) in [7, 11) is 3.05. The fourth-order valence-corrected chi connectivity index (χ4v) is 1.30. The molecule has 5 heteroatoms. The Balaban J connectivity index is 3.26. The number of carbonyl (C=O) groups is 1. The summed E-state index contributed by atoms with van der Waals surface area (Å²) in [5, 5.41) is 20.9. The highest BCUT2D eigenvalue weighted by Crippen LogP contribution is 2.27. The molecule has 0 spiro atoms. The van der Waals surface area contributed by atoms with E-state index in [-0.39, 0.29) is 35.0 Å². The molecule has 0 heterocycles. The van der Waals surface area contributed by atoms with Crippen LogP contribution in [-0.2, 0) is 0 Å². The van der Waals surface area contributed by atoms with Gasteiger partial charge in [-0.15, -0.1) is 0 Å². The Morgan fingerprint density at radius 2 is 2.31 bits per heavy atom. The number of methoxy groups -OCH3 is 1. The van der Waals surface area contributed by atoms with E-state index in [2.05, 4.69) is 5.32 Å². The van der Waals surface area contributed by atoms with Gasteiger partial charge in [0.25, 0.3) is 0 Å². The molecule has 5 nitrogen and oxygen atoms in total. The van der Waals surface area contributed by atoms with Crippen LogP contribution in [0.4, 0.5) is 0 Å². The third-order valence-corrected chi connectivity index (χ3v) is 2.08. The number of nitrogens with zero attached hydrogens (tertiary/aromatic N) is 1. The molecule has 0 saturated heterocycles. The molecular weight excluding hydrogens is 208 g/mol. The third kappa shape index (κ3) is 2.30. The van der Waals surface area contributed by atoms with Crippen LogP contribution in [-0.4, -0.2) is 31.6 Å². The van der Waals surface area contributed by atoms with Crippen LogP contribution < -0.4 is 10.1 Å². The van der Waals surface area contributed by atoms with Crippen molar-refractivity contribution >= 4 is 5.78 Å². The zero-order valence-electron chi connectivity index (χ0n) is 9.07. The van der Waals surface area contributed by atoms with Crippen molar-refractivity contribution in [2.24, 2.45) is 0 Å². The number of benzene rings is 1. The summed E-state index contributed by atoms with van der Waals surface area (Å²) < 4.78 is 4.98. The Labute approximate surface area is 93.3 Å². The molecule has 84 valence electrons. The first kappa shape index (κ1) is 12.0. The van der Waals surface area contributed by atoms with E-state index in [1.54, 1.807) is 13.1 Å². The summed E-state index contributed by atoms with van der Waals surface area (Å²) in [4.78, 5) is 11.7. The smallest absolute Gasteiger partial charge is 0.180 e. The summed E-state index contributed by atoms with van der Waals surface area (Å²) in [6.07, 6.45) is 0. The van der Waals surface area contributed by atoms with E-state index in [0.717, 1.165) is 0 Å². The number of likely N-dealkylation sites (N-methyl/N-ethyl adjacent to an activating group) is 1. The Bertz CT molecular complexity index is 449. The fraction of sp³-hybridized carbons (Fsp3) is 0.273. The van der Waals surface area contributed by atoms with Crippen molar-refractivity contribution in [2.45, 2.75) is 0 Å². The van der Waals surface area contributed by atoms with Gasteiger partial charge in [-0.3, -0.25) is 4.79 Å². The number of hydrogen-bond donors (Lipinski definition) is 2. The van der Waals surface area contributed by atoms with E-state index in [1.807, 2.05) is 0 Å². The average Bonchev–Trinajstić information content (AvgIpc) is 2.28. The first-order chi connectivity index (χ1) is 7.63. The molecule has 0 saturated carbocycles. The second-order valence-corrected chi connectivity index (χ2v) is 3.13. The number of ketones is 1. The van der Waals surface area contributed by atoms with Gasteiger partial charge in [0, 0.05) is 6.07 Å². The first-order valence-electron chi connectivity index (χ1n) is 4.63.